The number of nitrogens with one attached hydrogen (secondary N) is 1. The van der Waals surface area contributed by atoms with Gasteiger partial charge in [0.05, 0.1) is 11.7 Å². The van der Waals surface area contributed by atoms with E-state index < -0.39 is 0 Å². The van der Waals surface area contributed by atoms with Crippen LogP contribution in [0.1, 0.15) is 69.2 Å². The number of methoxy groups -OCH3 is 1. The van der Waals surface area contributed by atoms with Crippen molar-refractivity contribution < 1.29 is 23.8 Å². The van der Waals surface area contributed by atoms with Crippen LogP contribution in [0.5, 0.6) is 5.75 Å². The first-order valence-corrected chi connectivity index (χ1v) is 14.5. The molecule has 1 aliphatic carbocycles. The maximum Gasteiger partial charge on any atom is 0.257 e. The molecule has 1 saturated heterocycles. The van der Waals surface area contributed by atoms with Crippen LogP contribution in [0, 0.1) is 17.8 Å². The first-order chi connectivity index (χ1) is 18.4. The summed E-state index contributed by atoms with van der Waals surface area (Å²) in [6, 6.07) is 5.55. The van der Waals surface area contributed by atoms with E-state index in [2.05, 4.69) is 24.1 Å². The van der Waals surface area contributed by atoms with Crippen LogP contribution in [0.15, 0.2) is 18.2 Å². The molecular formula is C30H47N3O5. The largest absolute Gasteiger partial charge is 0.491 e. The SMILES string of the molecule is CO[C@@H]1CN(C)C(=O)c2ccc(NC(=O)C3CCOCC3)cc2OC[C@@H](C)N(CC2CCCCC2)C[C@H]1C. The Morgan fingerprint density at radius 2 is 1.82 bits per heavy atom. The van der Waals surface area contributed by atoms with Gasteiger partial charge in [0.15, 0.2) is 0 Å². The molecule has 8 nitrogen and oxygen atoms in total. The lowest BCUT2D eigenvalue weighted by atomic mass is 9.88. The van der Waals surface area contributed by atoms with Crippen LogP contribution in [0.3, 0.4) is 0 Å². The molecule has 3 atom stereocenters. The fourth-order valence-corrected chi connectivity index (χ4v) is 6.08. The van der Waals surface area contributed by atoms with Crippen molar-refractivity contribution >= 4 is 17.5 Å². The van der Waals surface area contributed by atoms with E-state index in [4.69, 9.17) is 14.2 Å². The van der Waals surface area contributed by atoms with Gasteiger partial charge < -0.3 is 24.4 Å². The van der Waals surface area contributed by atoms with Gasteiger partial charge in [-0.2, -0.15) is 0 Å². The number of carbonyl (C=O) groups excluding carboxylic acids is 2. The van der Waals surface area contributed by atoms with E-state index >= 15 is 0 Å². The summed E-state index contributed by atoms with van der Waals surface area (Å²) in [5, 5.41) is 3.04. The van der Waals surface area contributed by atoms with Crippen LogP contribution in [0.25, 0.3) is 0 Å². The molecule has 8 heteroatoms. The van der Waals surface area contributed by atoms with Crippen LogP contribution >= 0.6 is 0 Å². The molecule has 1 N–H and O–H groups in total. The summed E-state index contributed by atoms with van der Waals surface area (Å²) in [7, 11) is 3.56. The lowest BCUT2D eigenvalue weighted by molar-refractivity contribution is -0.122. The zero-order valence-corrected chi connectivity index (χ0v) is 23.7. The minimum Gasteiger partial charge on any atom is -0.491 e. The monoisotopic (exact) mass is 529 g/mol. The summed E-state index contributed by atoms with van der Waals surface area (Å²) >= 11 is 0. The number of hydrogen-bond acceptors (Lipinski definition) is 6. The van der Waals surface area contributed by atoms with Crippen molar-refractivity contribution in [3.05, 3.63) is 23.8 Å². The molecule has 4 rings (SSSR count). The second-order valence-corrected chi connectivity index (χ2v) is 11.6. The summed E-state index contributed by atoms with van der Waals surface area (Å²) in [5.74, 6) is 1.33. The van der Waals surface area contributed by atoms with E-state index in [1.807, 2.05) is 7.05 Å². The molecule has 2 amide bonds. The Hall–Kier alpha value is -2.16. The summed E-state index contributed by atoms with van der Waals surface area (Å²) < 4.78 is 17.7. The molecule has 0 bridgehead atoms. The Morgan fingerprint density at radius 1 is 1.08 bits per heavy atom. The van der Waals surface area contributed by atoms with Gasteiger partial charge in [-0.05, 0) is 56.6 Å². The number of carbonyl (C=O) groups is 2. The molecular weight excluding hydrogens is 482 g/mol. The molecule has 3 aliphatic rings. The first kappa shape index (κ1) is 28.8. The molecule has 1 saturated carbocycles. The second-order valence-electron chi connectivity index (χ2n) is 11.6. The van der Waals surface area contributed by atoms with Crippen molar-refractivity contribution in [1.29, 1.82) is 0 Å². The highest BCUT2D eigenvalue weighted by Gasteiger charge is 2.30. The topological polar surface area (TPSA) is 80.3 Å². The van der Waals surface area contributed by atoms with Crippen molar-refractivity contribution in [2.24, 2.45) is 17.8 Å². The van der Waals surface area contributed by atoms with Gasteiger partial charge in [-0.25, -0.2) is 0 Å². The van der Waals surface area contributed by atoms with Crippen molar-refractivity contribution in [2.45, 2.75) is 70.9 Å². The van der Waals surface area contributed by atoms with Crippen molar-refractivity contribution in [1.82, 2.24) is 9.80 Å². The van der Waals surface area contributed by atoms with Crippen LogP contribution in [-0.2, 0) is 14.3 Å². The van der Waals surface area contributed by atoms with Gasteiger partial charge >= 0.3 is 0 Å². The van der Waals surface area contributed by atoms with Gasteiger partial charge in [-0.1, -0.05) is 26.2 Å². The normalized spacial score (nSPS) is 27.1. The fraction of sp³-hybridized carbons (Fsp3) is 0.733. The number of fused-ring (bicyclic) bond motifs is 1. The van der Waals surface area contributed by atoms with E-state index in [0.717, 1.165) is 31.8 Å². The molecule has 38 heavy (non-hydrogen) atoms. The zero-order valence-electron chi connectivity index (χ0n) is 23.7. The van der Waals surface area contributed by atoms with Gasteiger partial charge in [-0.15, -0.1) is 0 Å². The van der Waals surface area contributed by atoms with Crippen LogP contribution < -0.4 is 10.1 Å². The Labute approximate surface area is 228 Å². The predicted octanol–water partition coefficient (Wildman–Crippen LogP) is 4.44. The Kier molecular flexibility index (Phi) is 10.4. The van der Waals surface area contributed by atoms with Gasteiger partial charge in [0.25, 0.3) is 5.91 Å². The standard InChI is InChI=1S/C30H47N3O5/c1-21-17-33(18-23-8-6-5-7-9-23)22(2)20-38-27-16-25(31-29(34)24-12-14-37-15-13-24)10-11-26(27)30(35)32(3)19-28(21)36-4/h10-11,16,21-24,28H,5-9,12-15,17-20H2,1-4H3,(H,31,34)/t21-,22-,28-/m1/s1. The van der Waals surface area contributed by atoms with Crippen molar-refractivity contribution in [3.8, 4) is 5.75 Å². The number of nitrogens with zero attached hydrogens (tertiary/aromatic N) is 2. The highest BCUT2D eigenvalue weighted by Crippen LogP contribution is 2.29. The minimum absolute atomic E-state index is 0.00574. The number of amides is 2. The summed E-state index contributed by atoms with van der Waals surface area (Å²) in [5.41, 5.74) is 1.16. The number of benzene rings is 1. The number of likely N-dealkylation sites (N-methyl/N-ethyl adjacent to an activating group) is 1. The molecule has 0 spiro atoms. The molecule has 1 aromatic rings. The molecule has 2 aliphatic heterocycles. The zero-order chi connectivity index (χ0) is 27.1. The molecule has 1 aromatic carbocycles. The fourth-order valence-electron chi connectivity index (χ4n) is 6.08. The Balaban J connectivity index is 1.56. The van der Waals surface area contributed by atoms with E-state index in [-0.39, 0.29) is 35.8 Å². The third kappa shape index (κ3) is 7.48. The number of anilines is 1. The number of ether oxygens (including phenoxy) is 3. The minimum atomic E-state index is -0.108. The van der Waals surface area contributed by atoms with Gasteiger partial charge in [0.2, 0.25) is 5.91 Å². The highest BCUT2D eigenvalue weighted by molar-refractivity contribution is 5.98. The van der Waals surface area contributed by atoms with E-state index in [0.29, 0.717) is 43.4 Å². The Bertz CT molecular complexity index is 928. The van der Waals surface area contributed by atoms with Crippen LogP contribution in [-0.4, -0.2) is 87.4 Å². The van der Waals surface area contributed by atoms with Gasteiger partial charge in [-0.3, -0.25) is 14.5 Å². The quantitative estimate of drug-likeness (QED) is 0.608. The molecule has 212 valence electrons. The first-order valence-electron chi connectivity index (χ1n) is 14.5. The molecule has 0 radical (unpaired) electrons. The number of hydrogen-bond donors (Lipinski definition) is 1. The average Bonchev–Trinajstić information content (AvgIpc) is 2.94. The summed E-state index contributed by atoms with van der Waals surface area (Å²) in [4.78, 5) is 30.6. The van der Waals surface area contributed by atoms with Gasteiger partial charge in [0, 0.05) is 70.7 Å². The number of rotatable bonds is 5. The molecule has 2 heterocycles. The lowest BCUT2D eigenvalue weighted by Gasteiger charge is -2.38. The average molecular weight is 530 g/mol. The third-order valence-corrected chi connectivity index (χ3v) is 8.65. The predicted molar refractivity (Wildman–Crippen MR) is 149 cm³/mol. The van der Waals surface area contributed by atoms with Crippen LogP contribution in [0.4, 0.5) is 5.69 Å². The van der Waals surface area contributed by atoms with Crippen molar-refractivity contribution in [2.75, 3.05) is 58.9 Å². The van der Waals surface area contributed by atoms with E-state index in [1.54, 1.807) is 30.2 Å². The van der Waals surface area contributed by atoms with E-state index in [9.17, 15) is 9.59 Å². The third-order valence-electron chi connectivity index (χ3n) is 8.65. The Morgan fingerprint density at radius 3 is 2.53 bits per heavy atom. The lowest BCUT2D eigenvalue weighted by Crippen LogP contribution is -2.48. The highest BCUT2D eigenvalue weighted by atomic mass is 16.5. The summed E-state index contributed by atoms with van der Waals surface area (Å²) in [6.45, 7) is 8.60. The van der Waals surface area contributed by atoms with Crippen molar-refractivity contribution in [3.63, 3.8) is 0 Å². The smallest absolute Gasteiger partial charge is 0.257 e. The molecule has 0 unspecified atom stereocenters. The van der Waals surface area contributed by atoms with Gasteiger partial charge in [0.1, 0.15) is 12.4 Å². The van der Waals surface area contributed by atoms with E-state index in [1.165, 1.54) is 32.1 Å². The maximum absolute atomic E-state index is 13.5. The molecule has 2 fully saturated rings. The van der Waals surface area contributed by atoms with Crippen LogP contribution in [0.2, 0.25) is 0 Å². The summed E-state index contributed by atoms with van der Waals surface area (Å²) in [6.07, 6.45) is 7.97. The molecule has 0 aromatic heterocycles. The second kappa shape index (κ2) is 13.8. The maximum atomic E-state index is 13.5.